The average Bonchev–Trinajstić information content (AvgIpc) is 2.81. The van der Waals surface area contributed by atoms with Gasteiger partial charge >= 0.3 is 0 Å². The Morgan fingerprint density at radius 3 is 2.72 bits per heavy atom. The van der Waals surface area contributed by atoms with Crippen LogP contribution in [-0.2, 0) is 13.1 Å². The number of nitrogens with one attached hydrogen (secondary N) is 2. The molecule has 0 aliphatic carbocycles. The van der Waals surface area contributed by atoms with Crippen LogP contribution in [-0.4, -0.2) is 9.97 Å². The summed E-state index contributed by atoms with van der Waals surface area (Å²) < 4.78 is 1.03. The van der Waals surface area contributed by atoms with Gasteiger partial charge in [-0.2, -0.15) is 4.98 Å². The summed E-state index contributed by atoms with van der Waals surface area (Å²) in [6.45, 7) is 1.50. The monoisotopic (exact) mass is 305 g/mol. The Labute approximate surface area is 113 Å². The van der Waals surface area contributed by atoms with Gasteiger partial charge in [-0.15, -0.1) is 0 Å². The summed E-state index contributed by atoms with van der Waals surface area (Å²) in [4.78, 5) is 8.72. The zero-order valence-electron chi connectivity index (χ0n) is 9.57. The number of halogens is 1. The van der Waals surface area contributed by atoms with Gasteiger partial charge in [0.2, 0.25) is 5.95 Å². The lowest BCUT2D eigenvalue weighted by Gasteiger charge is -2.08. The topological polar surface area (TPSA) is 75.9 Å². The molecule has 18 heavy (non-hydrogen) atoms. The van der Waals surface area contributed by atoms with Crippen LogP contribution in [0.2, 0.25) is 0 Å². The Balaban J connectivity index is 1.89. The summed E-state index contributed by atoms with van der Waals surface area (Å²) >= 11 is 3.40. The van der Waals surface area contributed by atoms with Gasteiger partial charge in [0.15, 0.2) is 0 Å². The highest BCUT2D eigenvalue weighted by molar-refractivity contribution is 9.10. The SMILES string of the molecule is Nc1nc(Nc2ccc(Br)cc2)nc2c1CNC2. The van der Waals surface area contributed by atoms with Crippen molar-refractivity contribution >= 4 is 33.4 Å². The lowest BCUT2D eigenvalue weighted by Crippen LogP contribution is -2.05. The third kappa shape index (κ3) is 2.16. The molecule has 0 atom stereocenters. The van der Waals surface area contributed by atoms with Crippen LogP contribution in [0.15, 0.2) is 28.7 Å². The molecule has 3 rings (SSSR count). The fraction of sp³-hybridized carbons (Fsp3) is 0.167. The zero-order valence-corrected chi connectivity index (χ0v) is 11.2. The number of hydrogen-bond acceptors (Lipinski definition) is 5. The number of hydrogen-bond donors (Lipinski definition) is 3. The standard InChI is InChI=1S/C12H12BrN5/c13-7-1-3-8(4-2-7)16-12-17-10-6-15-5-9(10)11(14)18-12/h1-4,15H,5-6H2,(H3,14,16,17,18). The van der Waals surface area contributed by atoms with Crippen LogP contribution in [0.25, 0.3) is 0 Å². The van der Waals surface area contributed by atoms with Crippen LogP contribution in [0, 0.1) is 0 Å². The highest BCUT2D eigenvalue weighted by Gasteiger charge is 2.17. The van der Waals surface area contributed by atoms with Crippen LogP contribution in [0.4, 0.5) is 17.5 Å². The highest BCUT2D eigenvalue weighted by atomic mass is 79.9. The van der Waals surface area contributed by atoms with Crippen LogP contribution >= 0.6 is 15.9 Å². The van der Waals surface area contributed by atoms with E-state index in [0.717, 1.165) is 34.5 Å². The predicted octanol–water partition coefficient (Wildman–Crippen LogP) is 2.17. The van der Waals surface area contributed by atoms with Crippen molar-refractivity contribution in [1.82, 2.24) is 15.3 Å². The summed E-state index contributed by atoms with van der Waals surface area (Å²) in [5.74, 6) is 1.09. The predicted molar refractivity (Wildman–Crippen MR) is 74.4 cm³/mol. The fourth-order valence-electron chi connectivity index (χ4n) is 1.91. The number of nitrogen functional groups attached to an aromatic ring is 1. The van der Waals surface area contributed by atoms with E-state index in [9.17, 15) is 0 Å². The Bertz CT molecular complexity index is 582. The van der Waals surface area contributed by atoms with Gasteiger partial charge in [0.25, 0.3) is 0 Å². The molecule has 0 saturated carbocycles. The third-order valence-electron chi connectivity index (χ3n) is 2.82. The van der Waals surface area contributed by atoms with Gasteiger partial charge in [0.05, 0.1) is 5.69 Å². The first-order valence-electron chi connectivity index (χ1n) is 5.61. The number of anilines is 3. The van der Waals surface area contributed by atoms with E-state index in [4.69, 9.17) is 5.73 Å². The maximum atomic E-state index is 5.91. The molecule has 0 amide bonds. The maximum Gasteiger partial charge on any atom is 0.229 e. The molecule has 0 unspecified atom stereocenters. The van der Waals surface area contributed by atoms with Crippen molar-refractivity contribution in [3.63, 3.8) is 0 Å². The molecule has 1 aromatic carbocycles. The van der Waals surface area contributed by atoms with Gasteiger partial charge in [-0.25, -0.2) is 4.98 Å². The lowest BCUT2D eigenvalue weighted by atomic mass is 10.2. The Hall–Kier alpha value is -1.66. The molecule has 5 nitrogen and oxygen atoms in total. The van der Waals surface area contributed by atoms with E-state index in [1.807, 2.05) is 24.3 Å². The van der Waals surface area contributed by atoms with Gasteiger partial charge in [0, 0.05) is 28.8 Å². The quantitative estimate of drug-likeness (QED) is 0.793. The Morgan fingerprint density at radius 1 is 1.17 bits per heavy atom. The molecule has 1 aliphatic rings. The summed E-state index contributed by atoms with van der Waals surface area (Å²) in [5.41, 5.74) is 8.83. The molecule has 0 spiro atoms. The van der Waals surface area contributed by atoms with Gasteiger partial charge < -0.3 is 16.4 Å². The minimum absolute atomic E-state index is 0.539. The Kier molecular flexibility index (Phi) is 2.89. The van der Waals surface area contributed by atoms with Crippen LogP contribution in [0.3, 0.4) is 0 Å². The van der Waals surface area contributed by atoms with Crippen molar-refractivity contribution in [1.29, 1.82) is 0 Å². The number of nitrogens with two attached hydrogens (primary N) is 1. The van der Waals surface area contributed by atoms with Crippen molar-refractivity contribution in [2.75, 3.05) is 11.1 Å². The summed E-state index contributed by atoms with van der Waals surface area (Å²) in [6, 6.07) is 7.82. The number of rotatable bonds is 2. The first-order chi connectivity index (χ1) is 8.72. The second-order valence-electron chi connectivity index (χ2n) is 4.09. The molecule has 92 valence electrons. The van der Waals surface area contributed by atoms with Crippen molar-refractivity contribution < 1.29 is 0 Å². The van der Waals surface area contributed by atoms with Gasteiger partial charge in [-0.1, -0.05) is 15.9 Å². The smallest absolute Gasteiger partial charge is 0.229 e. The van der Waals surface area contributed by atoms with E-state index in [1.54, 1.807) is 0 Å². The van der Waals surface area contributed by atoms with Crippen molar-refractivity contribution in [2.24, 2.45) is 0 Å². The number of benzene rings is 1. The zero-order chi connectivity index (χ0) is 12.5. The van der Waals surface area contributed by atoms with Crippen LogP contribution in [0.1, 0.15) is 11.3 Å². The van der Waals surface area contributed by atoms with Crippen LogP contribution < -0.4 is 16.4 Å². The van der Waals surface area contributed by atoms with Crippen molar-refractivity contribution in [3.8, 4) is 0 Å². The van der Waals surface area contributed by atoms with Gasteiger partial charge in [-0.3, -0.25) is 0 Å². The summed E-state index contributed by atoms with van der Waals surface area (Å²) in [6.07, 6.45) is 0. The average molecular weight is 306 g/mol. The maximum absolute atomic E-state index is 5.91. The first kappa shape index (κ1) is 11.4. The second-order valence-corrected chi connectivity index (χ2v) is 5.01. The third-order valence-corrected chi connectivity index (χ3v) is 3.35. The van der Waals surface area contributed by atoms with Gasteiger partial charge in [-0.05, 0) is 24.3 Å². The first-order valence-corrected chi connectivity index (χ1v) is 6.40. The molecule has 2 aromatic rings. The molecule has 0 radical (unpaired) electrons. The molecule has 0 fully saturated rings. The largest absolute Gasteiger partial charge is 0.383 e. The molecule has 1 aromatic heterocycles. The Morgan fingerprint density at radius 2 is 1.94 bits per heavy atom. The molecular formula is C12H12BrN5. The summed E-state index contributed by atoms with van der Waals surface area (Å²) in [7, 11) is 0. The number of aromatic nitrogens is 2. The normalized spacial score (nSPS) is 13.4. The lowest BCUT2D eigenvalue weighted by molar-refractivity contribution is 0.758. The van der Waals surface area contributed by atoms with Crippen molar-refractivity contribution in [2.45, 2.75) is 13.1 Å². The van der Waals surface area contributed by atoms with Crippen molar-refractivity contribution in [3.05, 3.63) is 40.0 Å². The molecule has 4 N–H and O–H groups in total. The molecular weight excluding hydrogens is 294 g/mol. The minimum atomic E-state index is 0.539. The molecule has 0 saturated heterocycles. The minimum Gasteiger partial charge on any atom is -0.383 e. The van der Waals surface area contributed by atoms with E-state index in [2.05, 4.69) is 36.5 Å². The van der Waals surface area contributed by atoms with E-state index in [-0.39, 0.29) is 0 Å². The molecule has 2 heterocycles. The second kappa shape index (κ2) is 4.55. The molecule has 1 aliphatic heterocycles. The molecule has 0 bridgehead atoms. The fourth-order valence-corrected chi connectivity index (χ4v) is 2.18. The van der Waals surface area contributed by atoms with Gasteiger partial charge in [0.1, 0.15) is 5.82 Å². The van der Waals surface area contributed by atoms with E-state index in [1.165, 1.54) is 0 Å². The number of nitrogens with zero attached hydrogens (tertiary/aromatic N) is 2. The van der Waals surface area contributed by atoms with E-state index >= 15 is 0 Å². The van der Waals surface area contributed by atoms with E-state index < -0.39 is 0 Å². The molecule has 6 heteroatoms. The highest BCUT2D eigenvalue weighted by Crippen LogP contribution is 2.22. The number of fused-ring (bicyclic) bond motifs is 1. The van der Waals surface area contributed by atoms with E-state index in [0.29, 0.717) is 11.8 Å². The summed E-state index contributed by atoms with van der Waals surface area (Å²) in [5, 5.41) is 6.36. The van der Waals surface area contributed by atoms with Crippen LogP contribution in [0.5, 0.6) is 0 Å².